The van der Waals surface area contributed by atoms with Crippen LogP contribution in [0.3, 0.4) is 0 Å². The van der Waals surface area contributed by atoms with Crippen LogP contribution in [0.2, 0.25) is 0 Å². The molecule has 2 aliphatic rings. The van der Waals surface area contributed by atoms with E-state index in [-0.39, 0.29) is 12.3 Å². The molecule has 9 N–H and O–H groups in total. The van der Waals surface area contributed by atoms with Gasteiger partial charge in [-0.3, -0.25) is 20.1 Å². The van der Waals surface area contributed by atoms with Crippen LogP contribution >= 0.6 is 23.2 Å². The molecule has 0 radical (unpaired) electrons. The lowest BCUT2D eigenvalue weighted by Crippen LogP contribution is -2.70. The molecule has 5 atom stereocenters. The van der Waals surface area contributed by atoms with Crippen molar-refractivity contribution in [1.82, 2.24) is 21.1 Å². The second-order valence-electron chi connectivity index (χ2n) is 5.76. The standard InChI is InChI=1S/C9H20N5O11P3/c1-5(2-6-3-11-7-8(15)12-9(10)13-14(6)7)23-4-26(16,17)24-28(21,22)25-27(18,19)20/h3,5,7,9,11,13H,2,4,10H2,1H3,(H,12,15)(H,16,17)(H,21,22)(H2,18,19,20). The van der Waals surface area contributed by atoms with Crippen LogP contribution in [0, 0.1) is 0 Å². The van der Waals surface area contributed by atoms with Crippen molar-refractivity contribution in [1.29, 1.82) is 0 Å². The van der Waals surface area contributed by atoms with Gasteiger partial charge in [-0.2, -0.15) is 9.74 Å². The van der Waals surface area contributed by atoms with E-state index in [2.05, 4.69) is 24.7 Å². The van der Waals surface area contributed by atoms with Gasteiger partial charge in [0.1, 0.15) is 12.6 Å². The van der Waals surface area contributed by atoms with E-state index in [1.807, 2.05) is 0 Å². The van der Waals surface area contributed by atoms with Gasteiger partial charge in [-0.05, 0) is 6.92 Å². The number of hydrazine groups is 1. The summed E-state index contributed by atoms with van der Waals surface area (Å²) in [7, 11) is -15.8. The number of hydrogen-bond donors (Lipinski definition) is 8. The van der Waals surface area contributed by atoms with Crippen molar-refractivity contribution in [2.24, 2.45) is 5.73 Å². The number of carbonyl (C=O) groups is 1. The molecule has 0 aromatic rings. The molecular weight excluding hydrogens is 447 g/mol. The van der Waals surface area contributed by atoms with E-state index in [1.165, 1.54) is 18.1 Å². The molecule has 1 saturated heterocycles. The Hall–Kier alpha value is -0.860. The summed E-state index contributed by atoms with van der Waals surface area (Å²) < 4.78 is 46.1. The van der Waals surface area contributed by atoms with Crippen molar-refractivity contribution >= 4 is 29.1 Å². The molecular formula is C9H20N5O11P3. The number of hydrogen-bond acceptors (Lipinski definition) is 11. The molecule has 5 unspecified atom stereocenters. The average molecular weight is 467 g/mol. The highest BCUT2D eigenvalue weighted by Gasteiger charge is 2.40. The molecule has 19 heteroatoms. The zero-order valence-electron chi connectivity index (χ0n) is 14.2. The number of nitrogens with two attached hydrogens (primary N) is 1. The number of phosphoric acid groups is 2. The number of ether oxygens (including phenoxy) is 1. The fourth-order valence-corrected chi connectivity index (χ4v) is 5.70. The van der Waals surface area contributed by atoms with Gasteiger partial charge in [0.25, 0.3) is 5.91 Å². The second-order valence-corrected chi connectivity index (χ2v) is 10.5. The Kier molecular flexibility index (Phi) is 7.09. The van der Waals surface area contributed by atoms with Gasteiger partial charge in [0.05, 0.1) is 11.8 Å². The largest absolute Gasteiger partial charge is 0.488 e. The summed E-state index contributed by atoms with van der Waals surface area (Å²) in [5.41, 5.74) is 8.95. The van der Waals surface area contributed by atoms with Crippen molar-refractivity contribution in [3.8, 4) is 0 Å². The predicted octanol–water partition coefficient (Wildman–Crippen LogP) is -1.90. The highest BCUT2D eigenvalue weighted by Crippen LogP contribution is 2.65. The highest BCUT2D eigenvalue weighted by atomic mass is 31.3. The van der Waals surface area contributed by atoms with Crippen LogP contribution in [0.4, 0.5) is 0 Å². The molecule has 0 aromatic heterocycles. The van der Waals surface area contributed by atoms with Crippen molar-refractivity contribution in [2.75, 3.05) is 6.35 Å². The summed E-state index contributed by atoms with van der Waals surface area (Å²) in [4.78, 5) is 47.4. The molecule has 0 aliphatic carbocycles. The number of amides is 1. The first kappa shape index (κ1) is 23.4. The number of carbonyl (C=O) groups excluding carboxylic acids is 1. The lowest BCUT2D eigenvalue weighted by atomic mass is 10.2. The topological polar surface area (TPSA) is 242 Å². The summed E-state index contributed by atoms with van der Waals surface area (Å²) in [6, 6.07) is 0. The average Bonchev–Trinajstić information content (AvgIpc) is 2.84. The van der Waals surface area contributed by atoms with E-state index in [1.54, 1.807) is 0 Å². The summed E-state index contributed by atoms with van der Waals surface area (Å²) in [5, 5.41) is 6.71. The molecule has 2 rings (SSSR count). The van der Waals surface area contributed by atoms with E-state index in [0.717, 1.165) is 0 Å². The Morgan fingerprint density at radius 3 is 2.50 bits per heavy atom. The first-order chi connectivity index (χ1) is 12.7. The van der Waals surface area contributed by atoms with Crippen molar-refractivity contribution in [3.63, 3.8) is 0 Å². The minimum Gasteiger partial charge on any atom is -0.365 e. The maximum atomic E-state index is 11.8. The predicted molar refractivity (Wildman–Crippen MR) is 90.0 cm³/mol. The summed E-state index contributed by atoms with van der Waals surface area (Å²) in [6.07, 6.45) is -1.71. The quantitative estimate of drug-likeness (QED) is 0.173. The lowest BCUT2D eigenvalue weighted by molar-refractivity contribution is -0.133. The minimum atomic E-state index is -5.51. The van der Waals surface area contributed by atoms with E-state index in [9.17, 15) is 23.4 Å². The SMILES string of the molecule is CC(CC1=CNC2C(=O)NC(N)NN12)OCP(=O)(O)OP(=O)(O)OP(=O)(O)O. The number of nitrogens with zero attached hydrogens (tertiary/aromatic N) is 1. The van der Waals surface area contributed by atoms with E-state index in [0.29, 0.717) is 5.70 Å². The molecule has 0 bridgehead atoms. The van der Waals surface area contributed by atoms with Crippen molar-refractivity contribution < 1.29 is 51.4 Å². The molecule has 2 heterocycles. The zero-order valence-corrected chi connectivity index (χ0v) is 16.9. The molecule has 0 aromatic carbocycles. The van der Waals surface area contributed by atoms with Gasteiger partial charge in [0, 0.05) is 12.6 Å². The van der Waals surface area contributed by atoms with Crippen LogP contribution in [-0.4, -0.2) is 55.4 Å². The number of nitrogens with one attached hydrogen (secondary N) is 3. The summed E-state index contributed by atoms with van der Waals surface area (Å²) in [6.45, 7) is 1.50. The third kappa shape index (κ3) is 6.88. The normalized spacial score (nSPS) is 27.7. The molecule has 2 aliphatic heterocycles. The van der Waals surface area contributed by atoms with Crippen LogP contribution in [-0.2, 0) is 31.8 Å². The molecule has 16 nitrogen and oxygen atoms in total. The Bertz CT molecular complexity index is 786. The maximum Gasteiger partial charge on any atom is 0.488 e. The lowest BCUT2D eigenvalue weighted by Gasteiger charge is -2.37. The Morgan fingerprint density at radius 2 is 1.89 bits per heavy atom. The van der Waals surface area contributed by atoms with Crippen LogP contribution in [0.1, 0.15) is 13.3 Å². The Morgan fingerprint density at radius 1 is 1.25 bits per heavy atom. The smallest absolute Gasteiger partial charge is 0.365 e. The second kappa shape index (κ2) is 8.48. The molecule has 1 amide bonds. The van der Waals surface area contributed by atoms with Crippen LogP contribution in [0.5, 0.6) is 0 Å². The third-order valence-electron chi connectivity index (χ3n) is 3.26. The molecule has 0 spiro atoms. The highest BCUT2D eigenvalue weighted by molar-refractivity contribution is 7.68. The van der Waals surface area contributed by atoms with E-state index >= 15 is 0 Å². The van der Waals surface area contributed by atoms with Gasteiger partial charge in [-0.15, -0.1) is 0 Å². The maximum absolute atomic E-state index is 11.8. The zero-order chi connectivity index (χ0) is 21.3. The molecule has 28 heavy (non-hydrogen) atoms. The van der Waals surface area contributed by atoms with E-state index in [4.69, 9.17) is 25.2 Å². The van der Waals surface area contributed by atoms with Crippen LogP contribution in [0.15, 0.2) is 11.9 Å². The third-order valence-corrected chi connectivity index (χ3v) is 7.26. The van der Waals surface area contributed by atoms with Crippen LogP contribution < -0.4 is 21.8 Å². The molecule has 0 saturated carbocycles. The minimum absolute atomic E-state index is 0.131. The van der Waals surface area contributed by atoms with Gasteiger partial charge in [0.2, 0.25) is 0 Å². The van der Waals surface area contributed by atoms with Gasteiger partial charge in [0.15, 0.2) is 6.17 Å². The Balaban J connectivity index is 1.87. The number of fused-ring (bicyclic) bond motifs is 1. The first-order valence-electron chi connectivity index (χ1n) is 7.48. The molecule has 1 fully saturated rings. The molecule has 162 valence electrons. The Labute approximate surface area is 158 Å². The monoisotopic (exact) mass is 467 g/mol. The van der Waals surface area contributed by atoms with Gasteiger partial charge in [-0.1, -0.05) is 0 Å². The van der Waals surface area contributed by atoms with E-state index < -0.39 is 48.1 Å². The fraction of sp³-hybridized carbons (Fsp3) is 0.667. The van der Waals surface area contributed by atoms with Crippen molar-refractivity contribution in [2.45, 2.75) is 31.9 Å². The van der Waals surface area contributed by atoms with Gasteiger partial charge >= 0.3 is 23.2 Å². The fourth-order valence-electron chi connectivity index (χ4n) is 2.32. The summed E-state index contributed by atoms with van der Waals surface area (Å²) >= 11 is 0. The first-order valence-corrected chi connectivity index (χ1v) is 12.3. The van der Waals surface area contributed by atoms with Gasteiger partial charge in [-0.25, -0.2) is 13.4 Å². The van der Waals surface area contributed by atoms with Crippen LogP contribution in [0.25, 0.3) is 0 Å². The summed E-state index contributed by atoms with van der Waals surface area (Å²) in [5.74, 6) is -0.372. The van der Waals surface area contributed by atoms with Crippen molar-refractivity contribution in [3.05, 3.63) is 11.9 Å². The number of rotatable bonds is 9. The van der Waals surface area contributed by atoms with Gasteiger partial charge < -0.3 is 34.9 Å².